The molecule has 1 aromatic heterocycles. The van der Waals surface area contributed by atoms with Crippen LogP contribution in [0.15, 0.2) is 54.0 Å². The molecule has 2 amide bonds. The Bertz CT molecular complexity index is 1150. The van der Waals surface area contributed by atoms with Crippen molar-refractivity contribution in [2.75, 3.05) is 38.2 Å². The van der Waals surface area contributed by atoms with Gasteiger partial charge in [-0.15, -0.1) is 11.3 Å². The fraction of sp³-hybridized carbons (Fsp3) is 0.320. The van der Waals surface area contributed by atoms with E-state index in [-0.39, 0.29) is 17.9 Å². The van der Waals surface area contributed by atoms with Crippen molar-refractivity contribution in [3.05, 3.63) is 75.7 Å². The van der Waals surface area contributed by atoms with Crippen molar-refractivity contribution in [2.45, 2.75) is 19.5 Å². The lowest BCUT2D eigenvalue weighted by atomic mass is 10.1. The second-order valence-corrected chi connectivity index (χ2v) is 9.26. The Labute approximate surface area is 197 Å². The van der Waals surface area contributed by atoms with Crippen molar-refractivity contribution in [1.82, 2.24) is 14.8 Å². The summed E-state index contributed by atoms with van der Waals surface area (Å²) in [6.07, 6.45) is 1.70. The molecule has 3 aromatic rings. The second kappa shape index (κ2) is 8.96. The molecule has 0 saturated carbocycles. The number of hydrogen-bond donors (Lipinski definition) is 0. The zero-order chi connectivity index (χ0) is 22.9. The van der Waals surface area contributed by atoms with Crippen LogP contribution in [0.25, 0.3) is 0 Å². The van der Waals surface area contributed by atoms with Gasteiger partial charge in [0.2, 0.25) is 0 Å². The highest BCUT2D eigenvalue weighted by Crippen LogP contribution is 2.37. The Hall–Kier alpha value is -3.23. The Morgan fingerprint density at radius 2 is 1.79 bits per heavy atom. The molecule has 33 heavy (non-hydrogen) atoms. The SMILES string of the molecule is COc1ccc(CN2CCN(c3cccc4c3C(=O)N(C(C)c3nccs3)C4=O)CC2)cc1. The number of methoxy groups -OCH3 is 1. The van der Waals surface area contributed by atoms with Crippen LogP contribution in [0.2, 0.25) is 0 Å². The first-order valence-corrected chi connectivity index (χ1v) is 12.0. The Morgan fingerprint density at radius 3 is 2.45 bits per heavy atom. The van der Waals surface area contributed by atoms with Crippen LogP contribution in [0.1, 0.15) is 44.3 Å². The van der Waals surface area contributed by atoms with Crippen molar-refractivity contribution in [3.8, 4) is 5.75 Å². The van der Waals surface area contributed by atoms with Gasteiger partial charge in [0.25, 0.3) is 11.8 Å². The van der Waals surface area contributed by atoms with E-state index < -0.39 is 0 Å². The van der Waals surface area contributed by atoms with Crippen molar-refractivity contribution >= 4 is 28.8 Å². The molecule has 3 heterocycles. The summed E-state index contributed by atoms with van der Waals surface area (Å²) in [5.41, 5.74) is 3.11. The first-order valence-electron chi connectivity index (χ1n) is 11.1. The molecular weight excluding hydrogens is 436 g/mol. The smallest absolute Gasteiger partial charge is 0.264 e. The number of nitrogens with zero attached hydrogens (tertiary/aromatic N) is 4. The third-order valence-electron chi connectivity index (χ3n) is 6.40. The monoisotopic (exact) mass is 462 g/mol. The van der Waals surface area contributed by atoms with Crippen LogP contribution in [0, 0.1) is 0 Å². The molecule has 8 heteroatoms. The van der Waals surface area contributed by atoms with Crippen LogP contribution < -0.4 is 9.64 Å². The van der Waals surface area contributed by atoms with Crippen LogP contribution in [0.5, 0.6) is 5.75 Å². The lowest BCUT2D eigenvalue weighted by Gasteiger charge is -2.36. The molecule has 2 aliphatic rings. The normalized spacial score (nSPS) is 17.4. The number of amides is 2. The molecule has 0 spiro atoms. The molecule has 1 atom stereocenters. The number of benzene rings is 2. The summed E-state index contributed by atoms with van der Waals surface area (Å²) in [6.45, 7) is 6.11. The second-order valence-electron chi connectivity index (χ2n) is 8.34. The Balaban J connectivity index is 1.30. The van der Waals surface area contributed by atoms with Gasteiger partial charge in [0, 0.05) is 44.3 Å². The molecule has 0 radical (unpaired) electrons. The van der Waals surface area contributed by atoms with Crippen molar-refractivity contribution in [3.63, 3.8) is 0 Å². The third kappa shape index (κ3) is 4.00. The molecule has 5 rings (SSSR count). The molecule has 2 aromatic carbocycles. The molecule has 7 nitrogen and oxygen atoms in total. The number of imide groups is 1. The number of piperazine rings is 1. The molecule has 0 aliphatic carbocycles. The molecule has 1 unspecified atom stereocenters. The minimum absolute atomic E-state index is 0.228. The molecule has 2 aliphatic heterocycles. The summed E-state index contributed by atoms with van der Waals surface area (Å²) in [6, 6.07) is 13.4. The Kier molecular flexibility index (Phi) is 5.86. The number of anilines is 1. The maximum absolute atomic E-state index is 13.4. The van der Waals surface area contributed by atoms with Gasteiger partial charge in [-0.25, -0.2) is 4.98 Å². The van der Waals surface area contributed by atoms with E-state index in [4.69, 9.17) is 4.74 Å². The Morgan fingerprint density at radius 1 is 1.03 bits per heavy atom. The zero-order valence-electron chi connectivity index (χ0n) is 18.7. The van der Waals surface area contributed by atoms with Crippen LogP contribution in [-0.4, -0.2) is 59.9 Å². The zero-order valence-corrected chi connectivity index (χ0v) is 19.5. The van der Waals surface area contributed by atoms with E-state index in [2.05, 4.69) is 26.9 Å². The highest BCUT2D eigenvalue weighted by molar-refractivity contribution is 7.09. The van der Waals surface area contributed by atoms with Gasteiger partial charge in [-0.3, -0.25) is 19.4 Å². The lowest BCUT2D eigenvalue weighted by Crippen LogP contribution is -2.46. The van der Waals surface area contributed by atoms with Crippen LogP contribution in [0.3, 0.4) is 0 Å². The lowest BCUT2D eigenvalue weighted by molar-refractivity contribution is 0.0595. The van der Waals surface area contributed by atoms with E-state index in [0.717, 1.165) is 49.2 Å². The summed E-state index contributed by atoms with van der Waals surface area (Å²) in [4.78, 5) is 36.8. The maximum Gasteiger partial charge on any atom is 0.264 e. The maximum atomic E-state index is 13.4. The van der Waals surface area contributed by atoms with Crippen LogP contribution >= 0.6 is 11.3 Å². The molecule has 1 saturated heterocycles. The molecule has 170 valence electrons. The van der Waals surface area contributed by atoms with Crippen molar-refractivity contribution in [2.24, 2.45) is 0 Å². The van der Waals surface area contributed by atoms with E-state index in [0.29, 0.717) is 11.1 Å². The molecule has 1 fully saturated rings. The fourth-order valence-corrected chi connectivity index (χ4v) is 5.27. The van der Waals surface area contributed by atoms with E-state index in [1.165, 1.54) is 21.8 Å². The number of thiazole rings is 1. The standard InChI is InChI=1S/C25H26N4O3S/c1-17(23-26-10-15-33-23)29-24(30)20-4-3-5-21(22(20)25(29)31)28-13-11-27(12-14-28)16-18-6-8-19(32-2)9-7-18/h3-10,15,17H,11-14,16H2,1-2H3. The van der Waals surface area contributed by atoms with Gasteiger partial charge in [-0.05, 0) is 36.8 Å². The first-order chi connectivity index (χ1) is 16.1. The van der Waals surface area contributed by atoms with Gasteiger partial charge in [0.15, 0.2) is 0 Å². The van der Waals surface area contributed by atoms with Gasteiger partial charge in [-0.1, -0.05) is 18.2 Å². The third-order valence-corrected chi connectivity index (χ3v) is 7.34. The quantitative estimate of drug-likeness (QED) is 0.519. The van der Waals surface area contributed by atoms with Crippen molar-refractivity contribution < 1.29 is 14.3 Å². The predicted molar refractivity (Wildman–Crippen MR) is 128 cm³/mol. The molecular formula is C25H26N4O3S. The number of rotatable bonds is 6. The number of ether oxygens (including phenoxy) is 1. The van der Waals surface area contributed by atoms with E-state index in [1.807, 2.05) is 36.6 Å². The number of fused-ring (bicyclic) bond motifs is 1. The summed E-state index contributed by atoms with van der Waals surface area (Å²) in [5, 5.41) is 2.62. The number of aromatic nitrogens is 1. The first kappa shape index (κ1) is 21.6. The van der Waals surface area contributed by atoms with Crippen molar-refractivity contribution in [1.29, 1.82) is 0 Å². The minimum atomic E-state index is -0.383. The van der Waals surface area contributed by atoms with E-state index in [9.17, 15) is 9.59 Å². The average molecular weight is 463 g/mol. The van der Waals surface area contributed by atoms with E-state index >= 15 is 0 Å². The predicted octanol–water partition coefficient (Wildman–Crippen LogP) is 3.83. The van der Waals surface area contributed by atoms with Gasteiger partial charge >= 0.3 is 0 Å². The highest BCUT2D eigenvalue weighted by Gasteiger charge is 2.42. The number of carbonyl (C=O) groups is 2. The summed E-state index contributed by atoms with van der Waals surface area (Å²) < 4.78 is 5.24. The van der Waals surface area contributed by atoms with E-state index in [1.54, 1.807) is 19.4 Å². The number of carbonyl (C=O) groups excluding carboxylic acids is 2. The largest absolute Gasteiger partial charge is 0.497 e. The number of hydrogen-bond acceptors (Lipinski definition) is 7. The minimum Gasteiger partial charge on any atom is -0.497 e. The van der Waals surface area contributed by atoms with Crippen LogP contribution in [0.4, 0.5) is 5.69 Å². The highest BCUT2D eigenvalue weighted by atomic mass is 32.1. The van der Waals surface area contributed by atoms with Crippen LogP contribution in [-0.2, 0) is 6.54 Å². The molecule has 0 bridgehead atoms. The summed E-state index contributed by atoms with van der Waals surface area (Å²) in [5.74, 6) is 0.394. The summed E-state index contributed by atoms with van der Waals surface area (Å²) in [7, 11) is 1.67. The summed E-state index contributed by atoms with van der Waals surface area (Å²) >= 11 is 1.46. The average Bonchev–Trinajstić information content (AvgIpc) is 3.47. The van der Waals surface area contributed by atoms with Gasteiger partial charge < -0.3 is 9.64 Å². The van der Waals surface area contributed by atoms with Gasteiger partial charge in [0.1, 0.15) is 10.8 Å². The molecule has 0 N–H and O–H groups in total. The topological polar surface area (TPSA) is 66.0 Å². The van der Waals surface area contributed by atoms with Gasteiger partial charge in [0.05, 0.1) is 30.0 Å². The van der Waals surface area contributed by atoms with Gasteiger partial charge in [-0.2, -0.15) is 0 Å². The fourth-order valence-electron chi connectivity index (χ4n) is 4.59.